The molecule has 0 aliphatic carbocycles. The second-order valence-electron chi connectivity index (χ2n) is 7.32. The minimum Gasteiger partial charge on any atom is -0.331 e. The number of aryl methyl sites for hydroxylation is 1. The van der Waals surface area contributed by atoms with Crippen LogP contribution in [0, 0.1) is 12.8 Å². The number of rotatable bonds is 5. The van der Waals surface area contributed by atoms with Gasteiger partial charge in [-0.3, -0.25) is 10.1 Å². The molecular weight excluding hydrogens is 348 g/mol. The molecule has 140 valence electrons. The average molecular weight is 375 g/mol. The highest BCUT2D eigenvalue weighted by molar-refractivity contribution is 8.13. The summed E-state index contributed by atoms with van der Waals surface area (Å²) in [6, 6.07) is 7.44. The van der Waals surface area contributed by atoms with Gasteiger partial charge in [0.05, 0.1) is 0 Å². The number of nitrogens with one attached hydrogen (secondary N) is 1. The Morgan fingerprint density at radius 2 is 1.92 bits per heavy atom. The van der Waals surface area contributed by atoms with E-state index in [-0.39, 0.29) is 11.9 Å². The van der Waals surface area contributed by atoms with Crippen molar-refractivity contribution in [3.8, 4) is 0 Å². The Kier molecular flexibility index (Phi) is 5.55. The van der Waals surface area contributed by atoms with Crippen molar-refractivity contribution in [1.82, 2.24) is 15.1 Å². The first-order valence-electron chi connectivity index (χ1n) is 8.97. The zero-order valence-corrected chi connectivity index (χ0v) is 16.5. The van der Waals surface area contributed by atoms with Crippen molar-refractivity contribution >= 4 is 28.9 Å². The molecule has 2 unspecified atom stereocenters. The number of nitrogens with zero attached hydrogens (tertiary/aromatic N) is 3. The van der Waals surface area contributed by atoms with Crippen LogP contribution in [0.1, 0.15) is 31.4 Å². The van der Waals surface area contributed by atoms with E-state index in [1.54, 1.807) is 18.8 Å². The smallest absolute Gasteiger partial charge is 0.325 e. The van der Waals surface area contributed by atoms with Gasteiger partial charge in [0.1, 0.15) is 0 Å². The maximum absolute atomic E-state index is 12.5. The number of carbonyl (C=O) groups excluding carboxylic acids is 2. The van der Waals surface area contributed by atoms with Crippen molar-refractivity contribution < 1.29 is 9.59 Å². The number of hydrogen-bond acceptors (Lipinski definition) is 5. The van der Waals surface area contributed by atoms with E-state index in [1.807, 2.05) is 4.90 Å². The van der Waals surface area contributed by atoms with Gasteiger partial charge in [-0.2, -0.15) is 0 Å². The zero-order valence-electron chi connectivity index (χ0n) is 15.7. The molecule has 0 saturated carbocycles. The molecular formula is C19H26N4O2S. The molecule has 2 aliphatic heterocycles. The molecule has 3 rings (SSSR count). The van der Waals surface area contributed by atoms with Gasteiger partial charge in [0, 0.05) is 19.3 Å². The summed E-state index contributed by atoms with van der Waals surface area (Å²) in [5, 5.41) is 3.29. The van der Waals surface area contributed by atoms with Crippen LogP contribution in [-0.4, -0.2) is 51.9 Å². The van der Waals surface area contributed by atoms with Crippen LogP contribution in [0.25, 0.3) is 0 Å². The predicted molar refractivity (Wildman–Crippen MR) is 105 cm³/mol. The van der Waals surface area contributed by atoms with Gasteiger partial charge in [-0.25, -0.2) is 9.79 Å². The molecule has 6 nitrogen and oxygen atoms in total. The van der Waals surface area contributed by atoms with Crippen LogP contribution < -0.4 is 5.32 Å². The summed E-state index contributed by atoms with van der Waals surface area (Å²) < 4.78 is 0. The summed E-state index contributed by atoms with van der Waals surface area (Å²) in [5.41, 5.74) is 2.33. The van der Waals surface area contributed by atoms with Gasteiger partial charge in [-0.05, 0) is 24.8 Å². The molecule has 26 heavy (non-hydrogen) atoms. The van der Waals surface area contributed by atoms with Crippen LogP contribution in [0.3, 0.4) is 0 Å². The molecule has 2 atom stereocenters. The predicted octanol–water partition coefficient (Wildman–Crippen LogP) is 2.82. The van der Waals surface area contributed by atoms with Crippen LogP contribution >= 0.6 is 11.8 Å². The van der Waals surface area contributed by atoms with Crippen LogP contribution in [0.2, 0.25) is 0 Å². The SMILES string of the molecule is Cc1ccc(CN2C(SCCC(C)C)=NC3C2C(=O)NC(=O)N3C)cc1. The summed E-state index contributed by atoms with van der Waals surface area (Å²) >= 11 is 1.67. The third-order valence-electron chi connectivity index (χ3n) is 4.72. The van der Waals surface area contributed by atoms with Gasteiger partial charge in [-0.15, -0.1) is 0 Å². The van der Waals surface area contributed by atoms with Gasteiger partial charge in [0.15, 0.2) is 17.4 Å². The monoisotopic (exact) mass is 374 g/mol. The summed E-state index contributed by atoms with van der Waals surface area (Å²) in [4.78, 5) is 32.8. The Morgan fingerprint density at radius 1 is 1.23 bits per heavy atom. The van der Waals surface area contributed by atoms with E-state index < -0.39 is 12.2 Å². The van der Waals surface area contributed by atoms with Gasteiger partial charge in [-0.1, -0.05) is 55.4 Å². The third kappa shape index (κ3) is 3.87. The van der Waals surface area contributed by atoms with Crippen LogP contribution in [0.5, 0.6) is 0 Å². The molecule has 1 fully saturated rings. The summed E-state index contributed by atoms with van der Waals surface area (Å²) in [6.07, 6.45) is 0.626. The standard InChI is InChI=1S/C19H26N4O2S/c1-12(2)9-10-26-19-20-16-15(17(24)21-18(25)22(16)4)23(19)11-14-7-5-13(3)6-8-14/h5-8,12,15-16H,9-11H2,1-4H3,(H,21,24,25). The molecule has 0 spiro atoms. The number of imide groups is 1. The molecule has 2 aliphatic rings. The van der Waals surface area contributed by atoms with Crippen LogP contribution in [0.15, 0.2) is 29.3 Å². The second-order valence-corrected chi connectivity index (χ2v) is 8.38. The first kappa shape index (κ1) is 18.8. The van der Waals surface area contributed by atoms with Gasteiger partial charge >= 0.3 is 6.03 Å². The fourth-order valence-electron chi connectivity index (χ4n) is 3.06. The van der Waals surface area contributed by atoms with Crippen molar-refractivity contribution in [2.75, 3.05) is 12.8 Å². The van der Waals surface area contributed by atoms with Gasteiger partial charge in [0.25, 0.3) is 5.91 Å². The number of urea groups is 1. The van der Waals surface area contributed by atoms with Crippen molar-refractivity contribution in [1.29, 1.82) is 0 Å². The van der Waals surface area contributed by atoms with Crippen molar-refractivity contribution in [3.63, 3.8) is 0 Å². The van der Waals surface area contributed by atoms with E-state index in [2.05, 4.69) is 50.4 Å². The Labute approximate surface area is 159 Å². The van der Waals surface area contributed by atoms with Crippen LogP contribution in [-0.2, 0) is 11.3 Å². The lowest BCUT2D eigenvalue weighted by Crippen LogP contribution is -2.63. The Bertz CT molecular complexity index is 717. The lowest BCUT2D eigenvalue weighted by atomic mass is 10.1. The Morgan fingerprint density at radius 3 is 2.58 bits per heavy atom. The topological polar surface area (TPSA) is 65.0 Å². The number of amides is 3. The van der Waals surface area contributed by atoms with Gasteiger partial charge < -0.3 is 9.80 Å². The number of benzene rings is 1. The molecule has 0 aromatic heterocycles. The highest BCUT2D eigenvalue weighted by Crippen LogP contribution is 2.30. The molecule has 3 amide bonds. The van der Waals surface area contributed by atoms with Crippen molar-refractivity contribution in [2.24, 2.45) is 10.9 Å². The van der Waals surface area contributed by atoms with Crippen molar-refractivity contribution in [2.45, 2.75) is 45.9 Å². The molecule has 1 aromatic carbocycles. The molecule has 0 radical (unpaired) electrons. The normalized spacial score (nSPS) is 22.6. The molecule has 1 saturated heterocycles. The number of fused-ring (bicyclic) bond motifs is 1. The quantitative estimate of drug-likeness (QED) is 0.861. The minimum atomic E-state index is -0.472. The Balaban J connectivity index is 1.83. The number of aliphatic imine (C=N–C) groups is 1. The highest BCUT2D eigenvalue weighted by atomic mass is 32.2. The minimum absolute atomic E-state index is 0.270. The summed E-state index contributed by atoms with van der Waals surface area (Å²) in [6.45, 7) is 7.05. The van der Waals surface area contributed by atoms with E-state index in [1.165, 1.54) is 10.5 Å². The van der Waals surface area contributed by atoms with Crippen molar-refractivity contribution in [3.05, 3.63) is 35.4 Å². The van der Waals surface area contributed by atoms with Crippen LogP contribution in [0.4, 0.5) is 4.79 Å². The first-order valence-corrected chi connectivity index (χ1v) is 9.96. The molecule has 7 heteroatoms. The van der Waals surface area contributed by atoms with E-state index in [4.69, 9.17) is 4.99 Å². The highest BCUT2D eigenvalue weighted by Gasteiger charge is 2.48. The van der Waals surface area contributed by atoms with E-state index in [0.717, 1.165) is 22.9 Å². The summed E-state index contributed by atoms with van der Waals surface area (Å²) in [5.74, 6) is 1.29. The number of hydrogen-bond donors (Lipinski definition) is 1. The lowest BCUT2D eigenvalue weighted by Gasteiger charge is -2.36. The molecule has 0 bridgehead atoms. The third-order valence-corrected chi connectivity index (χ3v) is 5.76. The second kappa shape index (κ2) is 7.70. The molecule has 1 N–H and O–H groups in total. The van der Waals surface area contributed by atoms with E-state index in [9.17, 15) is 9.59 Å². The fourth-order valence-corrected chi connectivity index (χ4v) is 4.36. The van der Waals surface area contributed by atoms with E-state index >= 15 is 0 Å². The maximum atomic E-state index is 12.5. The van der Waals surface area contributed by atoms with E-state index in [0.29, 0.717) is 12.5 Å². The molecule has 2 heterocycles. The molecule has 1 aromatic rings. The first-order chi connectivity index (χ1) is 12.4. The average Bonchev–Trinajstić information content (AvgIpc) is 2.94. The largest absolute Gasteiger partial charge is 0.331 e. The number of carbonyl (C=O) groups is 2. The maximum Gasteiger partial charge on any atom is 0.325 e. The summed E-state index contributed by atoms with van der Waals surface area (Å²) in [7, 11) is 1.69. The number of thioether (sulfide) groups is 1. The number of amidine groups is 1. The van der Waals surface area contributed by atoms with Gasteiger partial charge in [0.2, 0.25) is 0 Å². The number of likely N-dealkylation sites (N-methyl/N-ethyl adjacent to an activating group) is 1. The zero-order chi connectivity index (χ0) is 18.8. The fraction of sp³-hybridized carbons (Fsp3) is 0.526. The Hall–Kier alpha value is -2.02. The lowest BCUT2D eigenvalue weighted by molar-refractivity contribution is -0.127.